The number of methoxy groups -OCH3 is 4. The normalized spacial score (nSPS) is 13.8. The summed E-state index contributed by atoms with van der Waals surface area (Å²) in [5.41, 5.74) is 2.23. The third-order valence-corrected chi connectivity index (χ3v) is 5.85. The molecule has 0 saturated carbocycles. The number of rotatable bonds is 6. The van der Waals surface area contributed by atoms with E-state index in [0.717, 1.165) is 0 Å². The van der Waals surface area contributed by atoms with Crippen LogP contribution in [0.3, 0.4) is 0 Å². The Balaban J connectivity index is 1.99. The van der Waals surface area contributed by atoms with Gasteiger partial charge in [0.05, 0.1) is 38.6 Å². The van der Waals surface area contributed by atoms with Crippen LogP contribution in [0.25, 0.3) is 0 Å². The van der Waals surface area contributed by atoms with E-state index < -0.39 is 17.8 Å². The number of phenols is 2. The van der Waals surface area contributed by atoms with Gasteiger partial charge in [-0.15, -0.1) is 0 Å². The van der Waals surface area contributed by atoms with Crippen molar-refractivity contribution in [1.29, 1.82) is 0 Å². The van der Waals surface area contributed by atoms with Gasteiger partial charge >= 0.3 is 0 Å². The summed E-state index contributed by atoms with van der Waals surface area (Å²) in [6, 6.07) is 13.4. The third kappa shape index (κ3) is 3.22. The van der Waals surface area contributed by atoms with Crippen molar-refractivity contribution in [1.82, 2.24) is 0 Å². The van der Waals surface area contributed by atoms with Gasteiger partial charge in [0.2, 0.25) is 11.5 Å². The molecule has 0 heterocycles. The summed E-state index contributed by atoms with van der Waals surface area (Å²) in [5.74, 6) is 0.152. The predicted molar refractivity (Wildman–Crippen MR) is 117 cm³/mol. The summed E-state index contributed by atoms with van der Waals surface area (Å²) in [4.78, 5) is 13.2. The van der Waals surface area contributed by atoms with Crippen molar-refractivity contribution in [3.8, 4) is 28.7 Å². The smallest absolute Gasteiger partial charge is 0.203 e. The Morgan fingerprint density at radius 2 is 1.28 bits per heavy atom. The molecular formula is C25H24O7. The average Bonchev–Trinajstić information content (AvgIpc) is 2.80. The van der Waals surface area contributed by atoms with Gasteiger partial charge in [0.15, 0.2) is 11.5 Å². The highest BCUT2D eigenvalue weighted by Crippen LogP contribution is 2.50. The fourth-order valence-corrected chi connectivity index (χ4v) is 4.48. The number of phenolic OH excluding ortho intramolecular Hbond substituents is 2. The van der Waals surface area contributed by atoms with Crippen molar-refractivity contribution >= 4 is 5.78 Å². The zero-order chi connectivity index (χ0) is 23.0. The van der Waals surface area contributed by atoms with E-state index in [1.807, 2.05) is 0 Å². The number of benzene rings is 3. The van der Waals surface area contributed by atoms with Gasteiger partial charge < -0.3 is 29.2 Å². The van der Waals surface area contributed by atoms with E-state index in [2.05, 4.69) is 0 Å². The molecule has 32 heavy (non-hydrogen) atoms. The second-order valence-electron chi connectivity index (χ2n) is 7.40. The number of carbonyl (C=O) groups is 1. The Kier molecular flexibility index (Phi) is 5.67. The van der Waals surface area contributed by atoms with E-state index >= 15 is 0 Å². The number of aromatic hydroxyl groups is 2. The van der Waals surface area contributed by atoms with E-state index in [1.165, 1.54) is 33.5 Å². The minimum Gasteiger partial charge on any atom is -0.507 e. The number of hydrogen-bond donors (Lipinski definition) is 2. The van der Waals surface area contributed by atoms with Crippen LogP contribution >= 0.6 is 0 Å². The van der Waals surface area contributed by atoms with Crippen LogP contribution in [0.1, 0.15) is 44.6 Å². The molecule has 0 fully saturated rings. The van der Waals surface area contributed by atoms with Crippen molar-refractivity contribution in [2.75, 3.05) is 28.4 Å². The van der Waals surface area contributed by atoms with Crippen LogP contribution in [0.5, 0.6) is 28.7 Å². The monoisotopic (exact) mass is 436 g/mol. The Morgan fingerprint density at radius 1 is 0.781 bits per heavy atom. The second-order valence-corrected chi connectivity index (χ2v) is 7.40. The molecule has 0 spiro atoms. The molecule has 7 nitrogen and oxygen atoms in total. The first-order valence-electron chi connectivity index (χ1n) is 9.97. The third-order valence-electron chi connectivity index (χ3n) is 5.85. The quantitative estimate of drug-likeness (QED) is 0.598. The number of carbonyl (C=O) groups excluding carboxylic acids is 1. The lowest BCUT2D eigenvalue weighted by molar-refractivity contribution is 0.0852. The maximum atomic E-state index is 13.2. The van der Waals surface area contributed by atoms with Crippen molar-refractivity contribution in [3.05, 3.63) is 76.3 Å². The number of fused-ring (bicyclic) bond motifs is 2. The first kappa shape index (κ1) is 21.5. The molecule has 0 amide bonds. The van der Waals surface area contributed by atoms with Crippen LogP contribution in [-0.4, -0.2) is 44.4 Å². The Morgan fingerprint density at radius 3 is 1.69 bits per heavy atom. The lowest BCUT2D eigenvalue weighted by atomic mass is 9.73. The lowest BCUT2D eigenvalue weighted by Crippen LogP contribution is -2.25. The van der Waals surface area contributed by atoms with Gasteiger partial charge in [0.25, 0.3) is 0 Å². The first-order valence-corrected chi connectivity index (χ1v) is 9.97. The lowest BCUT2D eigenvalue weighted by Gasteiger charge is -2.34. The van der Waals surface area contributed by atoms with Crippen LogP contribution < -0.4 is 14.2 Å². The Bertz CT molecular complexity index is 1100. The zero-order valence-electron chi connectivity index (χ0n) is 18.2. The molecule has 2 N–H and O–H groups in total. The van der Waals surface area contributed by atoms with Crippen LogP contribution in [0.4, 0.5) is 0 Å². The van der Waals surface area contributed by atoms with Crippen LogP contribution in [0.15, 0.2) is 48.5 Å². The van der Waals surface area contributed by atoms with Gasteiger partial charge in [-0.25, -0.2) is 0 Å². The molecular weight excluding hydrogens is 412 g/mol. The Labute approximate surface area is 185 Å². The zero-order valence-corrected chi connectivity index (χ0v) is 18.2. The summed E-state index contributed by atoms with van der Waals surface area (Å²) >= 11 is 0. The van der Waals surface area contributed by atoms with Gasteiger partial charge in [-0.2, -0.15) is 0 Å². The molecule has 1 aliphatic rings. The van der Waals surface area contributed by atoms with Gasteiger partial charge in [0.1, 0.15) is 11.5 Å². The molecule has 166 valence electrons. The molecule has 1 aliphatic carbocycles. The van der Waals surface area contributed by atoms with E-state index in [-0.39, 0.29) is 22.6 Å². The molecule has 1 atom stereocenters. The van der Waals surface area contributed by atoms with Gasteiger partial charge in [0, 0.05) is 13.0 Å². The number of hydrogen-bond acceptors (Lipinski definition) is 7. The van der Waals surface area contributed by atoms with E-state index in [9.17, 15) is 15.0 Å². The van der Waals surface area contributed by atoms with Crippen molar-refractivity contribution in [2.24, 2.45) is 0 Å². The molecule has 0 radical (unpaired) electrons. The molecule has 7 heteroatoms. The van der Waals surface area contributed by atoms with E-state index in [0.29, 0.717) is 33.9 Å². The van der Waals surface area contributed by atoms with Crippen LogP contribution in [0, 0.1) is 0 Å². The number of ether oxygens (including phenoxy) is 4. The summed E-state index contributed by atoms with van der Waals surface area (Å²) in [7, 11) is 6.15. The minimum absolute atomic E-state index is 0.147. The molecule has 0 aliphatic heterocycles. The van der Waals surface area contributed by atoms with Crippen molar-refractivity contribution < 1.29 is 34.0 Å². The largest absolute Gasteiger partial charge is 0.507 e. The van der Waals surface area contributed by atoms with Crippen LogP contribution in [0.2, 0.25) is 0 Å². The average molecular weight is 436 g/mol. The minimum atomic E-state index is -0.599. The van der Waals surface area contributed by atoms with E-state index in [1.54, 1.807) is 43.5 Å². The fraction of sp³-hybridized carbons (Fsp3) is 0.240. The molecule has 0 saturated heterocycles. The first-order chi connectivity index (χ1) is 15.5. The second kappa shape index (κ2) is 8.43. The molecule has 0 bridgehead atoms. The summed E-state index contributed by atoms with van der Waals surface area (Å²) < 4.78 is 22.4. The SMILES string of the molecule is COc1cc(C(OC)C2c3cccc(O)c3C(=O)c3c(O)cccc32)cc(OC)c1OC. The van der Waals surface area contributed by atoms with Gasteiger partial charge in [-0.1, -0.05) is 24.3 Å². The summed E-state index contributed by atoms with van der Waals surface area (Å²) in [6.07, 6.45) is -0.599. The predicted octanol–water partition coefficient (Wildman–Crippen LogP) is 4.19. The van der Waals surface area contributed by atoms with E-state index in [4.69, 9.17) is 18.9 Å². The number of ketones is 1. The summed E-state index contributed by atoms with van der Waals surface area (Å²) in [5, 5.41) is 21.0. The van der Waals surface area contributed by atoms with Crippen LogP contribution in [-0.2, 0) is 4.74 Å². The summed E-state index contributed by atoms with van der Waals surface area (Å²) in [6.45, 7) is 0. The fourth-order valence-electron chi connectivity index (χ4n) is 4.48. The molecule has 3 aromatic carbocycles. The molecule has 4 rings (SSSR count). The maximum Gasteiger partial charge on any atom is 0.203 e. The van der Waals surface area contributed by atoms with Crippen molar-refractivity contribution in [3.63, 3.8) is 0 Å². The van der Waals surface area contributed by atoms with Crippen molar-refractivity contribution in [2.45, 2.75) is 12.0 Å². The highest BCUT2D eigenvalue weighted by Gasteiger charge is 2.40. The highest BCUT2D eigenvalue weighted by molar-refractivity contribution is 6.16. The molecule has 1 unspecified atom stereocenters. The highest BCUT2D eigenvalue weighted by atomic mass is 16.5. The van der Waals surface area contributed by atoms with Gasteiger partial charge in [-0.3, -0.25) is 4.79 Å². The van der Waals surface area contributed by atoms with Gasteiger partial charge in [-0.05, 0) is 41.0 Å². The topological polar surface area (TPSA) is 94.5 Å². The molecule has 3 aromatic rings. The maximum absolute atomic E-state index is 13.2. The standard InChI is InChI=1S/C25H24O7/c1-29-18-11-13(12-19(30-2)25(18)32-4)24(31-3)20-14-7-5-9-16(26)21(14)23(28)22-15(20)8-6-10-17(22)27/h5-12,20,24,26-27H,1-4H3. The molecule has 0 aromatic heterocycles. The Hall–Kier alpha value is -3.71.